The summed E-state index contributed by atoms with van der Waals surface area (Å²) in [4.78, 5) is 28.6. The first-order valence-corrected chi connectivity index (χ1v) is 15.0. The molecule has 7 nitrogen and oxygen atoms in total. The third kappa shape index (κ3) is 6.35. The van der Waals surface area contributed by atoms with E-state index in [1.54, 1.807) is 0 Å². The van der Waals surface area contributed by atoms with Crippen LogP contribution in [0.1, 0.15) is 32.7 Å². The summed E-state index contributed by atoms with van der Waals surface area (Å²) in [6.45, 7) is 0.0469. The van der Waals surface area contributed by atoms with E-state index in [-0.39, 0.29) is 51.1 Å². The van der Waals surface area contributed by atoms with Crippen LogP contribution in [0.25, 0.3) is 11.1 Å². The van der Waals surface area contributed by atoms with Crippen LogP contribution in [0.15, 0.2) is 53.4 Å². The number of carbonyl (C=O) groups is 2. The van der Waals surface area contributed by atoms with Crippen LogP contribution in [0.5, 0.6) is 5.75 Å². The lowest BCUT2D eigenvalue weighted by Crippen LogP contribution is -2.40. The smallest absolute Gasteiger partial charge is 0.419 e. The van der Waals surface area contributed by atoms with Gasteiger partial charge in [-0.2, -0.15) is 13.2 Å². The molecule has 0 N–H and O–H groups in total. The van der Waals surface area contributed by atoms with Crippen molar-refractivity contribution in [2.75, 3.05) is 33.5 Å². The van der Waals surface area contributed by atoms with Gasteiger partial charge in [0.25, 0.3) is 11.8 Å². The molecule has 224 valence electrons. The number of carbonyl (C=O) groups excluding carboxylic acids is 2. The Hall–Kier alpha value is -3.35. The van der Waals surface area contributed by atoms with Gasteiger partial charge in [-0.3, -0.25) is 9.59 Å². The van der Waals surface area contributed by atoms with E-state index in [4.69, 9.17) is 27.9 Å². The van der Waals surface area contributed by atoms with E-state index >= 15 is 4.39 Å². The molecule has 1 aliphatic heterocycles. The zero-order valence-corrected chi connectivity index (χ0v) is 24.8. The van der Waals surface area contributed by atoms with Crippen LogP contribution in [-0.4, -0.2) is 69.6 Å². The van der Waals surface area contributed by atoms with Crippen molar-refractivity contribution in [3.63, 3.8) is 0 Å². The number of methoxy groups -OCH3 is 1. The summed E-state index contributed by atoms with van der Waals surface area (Å²) in [6.07, 6.45) is -3.56. The van der Waals surface area contributed by atoms with Crippen LogP contribution in [-0.2, 0) is 16.0 Å². The lowest BCUT2D eigenvalue weighted by molar-refractivity contribution is -0.138. The maximum atomic E-state index is 15.3. The monoisotopic (exact) mass is 646 g/mol. The summed E-state index contributed by atoms with van der Waals surface area (Å²) < 4.78 is 85.7. The average molecular weight is 647 g/mol. The third-order valence-corrected chi connectivity index (χ3v) is 8.88. The molecular weight excluding hydrogens is 623 g/mol. The van der Waals surface area contributed by atoms with Gasteiger partial charge >= 0.3 is 6.18 Å². The molecule has 0 radical (unpaired) electrons. The van der Waals surface area contributed by atoms with E-state index in [1.165, 1.54) is 41.1 Å². The number of ether oxygens (including phenoxy) is 1. The van der Waals surface area contributed by atoms with Gasteiger partial charge in [-0.05, 0) is 54.4 Å². The van der Waals surface area contributed by atoms with Crippen LogP contribution in [0.4, 0.5) is 17.6 Å². The molecule has 3 aromatic carbocycles. The summed E-state index contributed by atoms with van der Waals surface area (Å²) in [5.41, 5.74) is -1.55. The van der Waals surface area contributed by atoms with Gasteiger partial charge in [-0.15, -0.1) is 0 Å². The highest BCUT2D eigenvalue weighted by atomic mass is 35.5. The molecule has 0 bridgehead atoms. The van der Waals surface area contributed by atoms with Gasteiger partial charge in [0.2, 0.25) is 0 Å². The van der Waals surface area contributed by atoms with Crippen LogP contribution >= 0.6 is 23.2 Å². The van der Waals surface area contributed by atoms with E-state index in [9.17, 15) is 31.2 Å². The summed E-state index contributed by atoms with van der Waals surface area (Å²) in [6, 6.07) is 8.56. The highest BCUT2D eigenvalue weighted by molar-refractivity contribution is 7.90. The first kappa shape index (κ1) is 31.6. The fourth-order valence-corrected chi connectivity index (χ4v) is 5.96. The molecule has 14 heteroatoms. The van der Waals surface area contributed by atoms with E-state index in [0.29, 0.717) is 6.07 Å². The molecule has 3 aromatic rings. The molecule has 0 spiro atoms. The number of benzene rings is 3. The molecule has 42 heavy (non-hydrogen) atoms. The topological polar surface area (TPSA) is 84.0 Å². The van der Waals surface area contributed by atoms with Crippen molar-refractivity contribution in [3.05, 3.63) is 81.1 Å². The Morgan fingerprint density at radius 1 is 1.05 bits per heavy atom. The van der Waals surface area contributed by atoms with E-state index in [1.807, 2.05) is 0 Å². The molecular formula is C28H24Cl2F4N2O5S. The second-order valence-electron chi connectivity index (χ2n) is 9.75. The van der Waals surface area contributed by atoms with Gasteiger partial charge in [-0.1, -0.05) is 29.3 Å². The Morgan fingerprint density at radius 2 is 1.74 bits per heavy atom. The number of alkyl halides is 3. The molecule has 1 fully saturated rings. The highest BCUT2D eigenvalue weighted by Gasteiger charge is 2.37. The molecule has 0 saturated carbocycles. The van der Waals surface area contributed by atoms with Gasteiger partial charge in [0, 0.05) is 37.5 Å². The largest absolute Gasteiger partial charge is 0.496 e. The van der Waals surface area contributed by atoms with Crippen molar-refractivity contribution >= 4 is 44.9 Å². The first-order valence-electron chi connectivity index (χ1n) is 12.3. The van der Waals surface area contributed by atoms with Crippen LogP contribution < -0.4 is 4.74 Å². The minimum Gasteiger partial charge on any atom is -0.496 e. The van der Waals surface area contributed by atoms with Gasteiger partial charge in [-0.25, -0.2) is 12.8 Å². The molecule has 0 aliphatic carbocycles. The number of rotatable bonds is 6. The van der Waals surface area contributed by atoms with Crippen molar-refractivity contribution < 1.29 is 40.3 Å². The molecule has 1 aliphatic rings. The zero-order chi connectivity index (χ0) is 31.1. The van der Waals surface area contributed by atoms with Crippen LogP contribution in [0, 0.1) is 5.82 Å². The SMILES string of the molecule is COc1ccc(C(=O)N(C)C2CCN(C(=O)c3cc(S(C)(=O)=O)c(-c4ccc(Cl)c(Cl)c4)cc3F)C2)cc1C(F)(F)F. The van der Waals surface area contributed by atoms with Crippen molar-refractivity contribution in [3.8, 4) is 16.9 Å². The van der Waals surface area contributed by atoms with Crippen molar-refractivity contribution in [1.29, 1.82) is 0 Å². The van der Waals surface area contributed by atoms with Gasteiger partial charge < -0.3 is 14.5 Å². The lowest BCUT2D eigenvalue weighted by Gasteiger charge is -2.26. The molecule has 2 amide bonds. The van der Waals surface area contributed by atoms with Gasteiger partial charge in [0.1, 0.15) is 11.6 Å². The van der Waals surface area contributed by atoms with Gasteiger partial charge in [0.05, 0.1) is 39.2 Å². The number of hydrogen-bond donors (Lipinski definition) is 0. The number of amides is 2. The maximum Gasteiger partial charge on any atom is 0.419 e. The molecule has 0 aromatic heterocycles. The summed E-state index contributed by atoms with van der Waals surface area (Å²) in [7, 11) is -1.46. The second kappa shape index (κ2) is 11.7. The number of nitrogens with zero attached hydrogens (tertiary/aromatic N) is 2. The number of hydrogen-bond acceptors (Lipinski definition) is 5. The van der Waals surface area contributed by atoms with Crippen molar-refractivity contribution in [2.24, 2.45) is 0 Å². The standard InChI is InChI=1S/C28H24Cl2F4N2O5S/c1-35(26(37)16-5-7-24(41-2)20(10-16)28(32,33)34)17-8-9-36(14-17)27(38)19-13-25(42(3,39)40)18(12-23(19)31)15-4-6-21(29)22(30)11-15/h4-7,10-13,17H,8-9,14H2,1-3H3. The quantitative estimate of drug-likeness (QED) is 0.235. The minimum atomic E-state index is -4.75. The number of sulfone groups is 1. The van der Waals surface area contributed by atoms with Crippen molar-refractivity contribution in [2.45, 2.75) is 23.5 Å². The van der Waals surface area contributed by atoms with E-state index in [2.05, 4.69) is 0 Å². The maximum absolute atomic E-state index is 15.3. The zero-order valence-electron chi connectivity index (χ0n) is 22.4. The molecule has 4 rings (SSSR count). The molecule has 1 unspecified atom stereocenters. The Morgan fingerprint density at radius 3 is 2.33 bits per heavy atom. The Labute approximate surface area is 249 Å². The lowest BCUT2D eigenvalue weighted by atomic mass is 10.0. The highest BCUT2D eigenvalue weighted by Crippen LogP contribution is 2.37. The van der Waals surface area contributed by atoms with E-state index in [0.717, 1.165) is 31.6 Å². The molecule has 1 saturated heterocycles. The summed E-state index contributed by atoms with van der Waals surface area (Å²) in [5.74, 6) is -2.91. The average Bonchev–Trinajstić information content (AvgIpc) is 3.42. The number of likely N-dealkylation sites (N-methyl/N-ethyl adjacent to an activating group) is 1. The summed E-state index contributed by atoms with van der Waals surface area (Å²) in [5, 5.41) is 0.341. The van der Waals surface area contributed by atoms with Crippen molar-refractivity contribution in [1.82, 2.24) is 9.80 Å². The predicted molar refractivity (Wildman–Crippen MR) is 149 cm³/mol. The second-order valence-corrected chi connectivity index (χ2v) is 12.6. The fourth-order valence-electron chi connectivity index (χ4n) is 4.76. The fraction of sp³-hybridized carbons (Fsp3) is 0.286. The third-order valence-electron chi connectivity index (χ3n) is 7.00. The van der Waals surface area contributed by atoms with E-state index < -0.39 is 56.6 Å². The predicted octanol–water partition coefficient (Wildman–Crippen LogP) is 6.22. The molecule has 1 atom stereocenters. The Balaban J connectivity index is 1.59. The number of halogens is 6. The Bertz CT molecular complexity index is 1680. The van der Waals surface area contributed by atoms with Gasteiger partial charge in [0.15, 0.2) is 9.84 Å². The first-order chi connectivity index (χ1) is 19.5. The van der Waals surface area contributed by atoms with Crippen LogP contribution in [0.3, 0.4) is 0 Å². The summed E-state index contributed by atoms with van der Waals surface area (Å²) >= 11 is 12.0. The van der Waals surface area contributed by atoms with Crippen LogP contribution in [0.2, 0.25) is 10.0 Å². The normalized spacial score (nSPS) is 15.5. The number of likely N-dealkylation sites (tertiary alicyclic amines) is 1. The Kier molecular flexibility index (Phi) is 8.82. The molecule has 1 heterocycles. The minimum absolute atomic E-state index is 0.00698.